The lowest BCUT2D eigenvalue weighted by Crippen LogP contribution is -2.58. The number of rotatable bonds is 3. The number of aromatic hydroxyl groups is 1. The van der Waals surface area contributed by atoms with Gasteiger partial charge in [0.15, 0.2) is 11.4 Å². The molecule has 0 bridgehead atoms. The molecule has 0 saturated heterocycles. The number of phenolic OH excluding ortho intramolecular Hbond substituents is 1. The van der Waals surface area contributed by atoms with Crippen molar-refractivity contribution in [3.8, 4) is 16.9 Å². The van der Waals surface area contributed by atoms with E-state index in [4.69, 9.17) is 11.5 Å². The van der Waals surface area contributed by atoms with Gasteiger partial charge in [0.1, 0.15) is 22.8 Å². The number of aliphatic hydroxyl groups is 3. The van der Waals surface area contributed by atoms with Crippen LogP contribution >= 0.6 is 0 Å². The third-order valence-electron chi connectivity index (χ3n) is 7.73. The first-order valence-electron chi connectivity index (χ1n) is 11.6. The lowest BCUT2D eigenvalue weighted by Gasteiger charge is -2.46. The first-order chi connectivity index (χ1) is 17.0. The van der Waals surface area contributed by atoms with Crippen LogP contribution < -0.4 is 11.5 Å². The van der Waals surface area contributed by atoms with E-state index in [2.05, 4.69) is 0 Å². The highest BCUT2D eigenvalue weighted by atomic mass is 16.3. The number of aliphatic hydroxyl groups excluding tert-OH is 2. The maximum atomic E-state index is 13.6. The number of ketones is 2. The largest absolute Gasteiger partial charge is 0.508 e. The number of fused-ring (bicyclic) bond motifs is 3. The quantitative estimate of drug-likeness (QED) is 0.352. The van der Waals surface area contributed by atoms with E-state index < -0.39 is 52.0 Å². The predicted molar refractivity (Wildman–Crippen MR) is 129 cm³/mol. The molecule has 5 rings (SSSR count). The fourth-order valence-corrected chi connectivity index (χ4v) is 5.89. The predicted octanol–water partition coefficient (Wildman–Crippen LogP) is 1.86. The second-order valence-electron chi connectivity index (χ2n) is 9.76. The van der Waals surface area contributed by atoms with Gasteiger partial charge in [-0.2, -0.15) is 0 Å². The number of hydrogen-bond acceptors (Lipinski definition) is 8. The third kappa shape index (κ3) is 3.13. The third-order valence-corrected chi connectivity index (χ3v) is 7.73. The summed E-state index contributed by atoms with van der Waals surface area (Å²) in [5, 5.41) is 44.4. The number of carbonyl (C=O) groups excluding carboxylic acids is 3. The second-order valence-corrected chi connectivity index (χ2v) is 9.76. The normalized spacial score (nSPS) is 25.4. The highest BCUT2D eigenvalue weighted by Crippen LogP contribution is 2.53. The molecular formula is C27H26N2O7. The molecular weight excluding hydrogens is 464 g/mol. The Morgan fingerprint density at radius 3 is 2.39 bits per heavy atom. The van der Waals surface area contributed by atoms with Gasteiger partial charge in [-0.1, -0.05) is 29.8 Å². The average Bonchev–Trinajstić information content (AvgIpc) is 2.82. The summed E-state index contributed by atoms with van der Waals surface area (Å²) in [5.74, 6) is -6.52. The Bertz CT molecular complexity index is 1420. The van der Waals surface area contributed by atoms with Crippen LogP contribution in [0.3, 0.4) is 0 Å². The fourth-order valence-electron chi connectivity index (χ4n) is 5.89. The SMILES string of the molecule is Cc1ccc(-c2cc(CN)c(O)c3c2C[C@H]2C[C@H]4CC(=O)C(C(N)=O)=C(O)[C@@]4(O)C(=O)C2=C3O)cc1. The van der Waals surface area contributed by atoms with Crippen LogP contribution in [0.15, 0.2) is 47.2 Å². The van der Waals surface area contributed by atoms with Crippen LogP contribution in [0.1, 0.15) is 35.1 Å². The summed E-state index contributed by atoms with van der Waals surface area (Å²) in [6.07, 6.45) is -0.0458. The van der Waals surface area contributed by atoms with Crippen LogP contribution in [0, 0.1) is 18.8 Å². The zero-order chi connectivity index (χ0) is 26.1. The molecule has 0 heterocycles. The Labute approximate surface area is 206 Å². The summed E-state index contributed by atoms with van der Waals surface area (Å²) in [7, 11) is 0. The molecule has 2 aromatic rings. The standard InChI is InChI=1S/C27H26N2O7/c1-11-2-4-12(5-3-11)16-8-14(10-28)22(31)20-17(16)7-13-6-15-9-18(30)21(26(29)35)25(34)27(15,36)24(33)19(13)23(20)32/h2-5,8,13,15,31-32,34,36H,6-7,9-10,28H2,1H3,(H2,29,35)/t13-,15+,27+/m1/s1. The van der Waals surface area contributed by atoms with E-state index in [1.165, 1.54) is 0 Å². The van der Waals surface area contributed by atoms with E-state index >= 15 is 0 Å². The molecule has 0 spiro atoms. The first kappa shape index (κ1) is 23.8. The van der Waals surface area contributed by atoms with Crippen molar-refractivity contribution in [3.05, 3.63) is 69.5 Å². The maximum absolute atomic E-state index is 13.6. The molecule has 3 aliphatic rings. The zero-order valence-electron chi connectivity index (χ0n) is 19.5. The van der Waals surface area contributed by atoms with Crippen LogP contribution in [0.4, 0.5) is 0 Å². The van der Waals surface area contributed by atoms with Gasteiger partial charge in [0.25, 0.3) is 5.91 Å². The molecule has 0 radical (unpaired) electrons. The molecule has 36 heavy (non-hydrogen) atoms. The smallest absolute Gasteiger partial charge is 0.255 e. The minimum atomic E-state index is -2.59. The molecule has 0 aliphatic heterocycles. The van der Waals surface area contributed by atoms with Gasteiger partial charge < -0.3 is 31.9 Å². The molecule has 186 valence electrons. The summed E-state index contributed by atoms with van der Waals surface area (Å²) in [4.78, 5) is 37.9. The van der Waals surface area contributed by atoms with E-state index in [9.17, 15) is 34.8 Å². The monoisotopic (exact) mass is 490 g/mol. The van der Waals surface area contributed by atoms with Gasteiger partial charge in [-0.25, -0.2) is 0 Å². The van der Waals surface area contributed by atoms with Crippen LogP contribution in [0.25, 0.3) is 16.9 Å². The summed E-state index contributed by atoms with van der Waals surface area (Å²) in [5.41, 5.74) is 11.1. The van der Waals surface area contributed by atoms with Gasteiger partial charge in [-0.05, 0) is 48.4 Å². The highest BCUT2D eigenvalue weighted by Gasteiger charge is 2.60. The van der Waals surface area contributed by atoms with E-state index in [0.29, 0.717) is 11.1 Å². The fraction of sp³-hybridized carbons (Fsp3) is 0.296. The molecule has 0 aromatic heterocycles. The van der Waals surface area contributed by atoms with Crippen molar-refractivity contribution >= 4 is 23.2 Å². The van der Waals surface area contributed by atoms with Crippen molar-refractivity contribution in [2.24, 2.45) is 23.3 Å². The van der Waals surface area contributed by atoms with Gasteiger partial charge in [0, 0.05) is 30.0 Å². The Balaban J connectivity index is 1.75. The molecule has 9 heteroatoms. The van der Waals surface area contributed by atoms with Gasteiger partial charge in [-0.15, -0.1) is 0 Å². The van der Waals surface area contributed by atoms with Crippen molar-refractivity contribution in [1.29, 1.82) is 0 Å². The number of primary amides is 1. The number of nitrogens with two attached hydrogens (primary N) is 2. The minimum absolute atomic E-state index is 0.0302. The molecule has 8 N–H and O–H groups in total. The molecule has 3 atom stereocenters. The lowest BCUT2D eigenvalue weighted by atomic mass is 9.59. The Morgan fingerprint density at radius 1 is 1.11 bits per heavy atom. The van der Waals surface area contributed by atoms with E-state index in [1.54, 1.807) is 6.07 Å². The Hall–Kier alpha value is -3.95. The van der Waals surface area contributed by atoms with Crippen molar-refractivity contribution in [1.82, 2.24) is 0 Å². The number of carbonyl (C=O) groups is 3. The topological polar surface area (TPSA) is 184 Å². The number of aryl methyl sites for hydroxylation is 1. The minimum Gasteiger partial charge on any atom is -0.508 e. The van der Waals surface area contributed by atoms with Crippen molar-refractivity contribution in [3.63, 3.8) is 0 Å². The maximum Gasteiger partial charge on any atom is 0.255 e. The first-order valence-corrected chi connectivity index (χ1v) is 11.6. The summed E-state index contributed by atoms with van der Waals surface area (Å²) >= 11 is 0. The summed E-state index contributed by atoms with van der Waals surface area (Å²) < 4.78 is 0. The van der Waals surface area contributed by atoms with Gasteiger partial charge in [0.2, 0.25) is 5.78 Å². The molecule has 1 amide bonds. The average molecular weight is 491 g/mol. The van der Waals surface area contributed by atoms with E-state index in [0.717, 1.165) is 16.7 Å². The molecule has 1 saturated carbocycles. The van der Waals surface area contributed by atoms with Gasteiger partial charge in [0.05, 0.1) is 5.56 Å². The number of Topliss-reactive ketones (excluding diaryl/α,β-unsaturated/α-hetero) is 2. The van der Waals surface area contributed by atoms with Crippen LogP contribution in [0.2, 0.25) is 0 Å². The van der Waals surface area contributed by atoms with Crippen molar-refractivity contribution < 1.29 is 34.8 Å². The number of phenols is 1. The summed E-state index contributed by atoms with van der Waals surface area (Å²) in [6.45, 7) is 1.92. The number of amides is 1. The van der Waals surface area contributed by atoms with E-state index in [1.807, 2.05) is 31.2 Å². The number of hydrogen-bond donors (Lipinski definition) is 6. The molecule has 0 unspecified atom stereocenters. The molecule has 9 nitrogen and oxygen atoms in total. The van der Waals surface area contributed by atoms with Gasteiger partial charge in [-0.3, -0.25) is 14.4 Å². The van der Waals surface area contributed by atoms with E-state index in [-0.39, 0.29) is 42.7 Å². The summed E-state index contributed by atoms with van der Waals surface area (Å²) in [6, 6.07) is 9.46. The number of benzene rings is 2. The molecule has 3 aliphatic carbocycles. The lowest BCUT2D eigenvalue weighted by molar-refractivity contribution is -0.147. The Kier molecular flexibility index (Phi) is 5.31. The van der Waals surface area contributed by atoms with Gasteiger partial charge >= 0.3 is 0 Å². The van der Waals surface area contributed by atoms with Crippen LogP contribution in [-0.2, 0) is 27.3 Å². The Morgan fingerprint density at radius 2 is 1.78 bits per heavy atom. The van der Waals surface area contributed by atoms with Crippen molar-refractivity contribution in [2.45, 2.75) is 38.3 Å². The molecule has 1 fully saturated rings. The molecule has 2 aromatic carbocycles. The van der Waals surface area contributed by atoms with Crippen LogP contribution in [-0.4, -0.2) is 43.5 Å². The van der Waals surface area contributed by atoms with Crippen LogP contribution in [0.5, 0.6) is 5.75 Å². The van der Waals surface area contributed by atoms with Crippen molar-refractivity contribution in [2.75, 3.05) is 0 Å². The second kappa shape index (κ2) is 8.04. The highest BCUT2D eigenvalue weighted by molar-refractivity contribution is 6.22. The zero-order valence-corrected chi connectivity index (χ0v) is 19.5.